The average molecular weight is 716 g/mol. The molecule has 1 heterocycles. The van der Waals surface area contributed by atoms with E-state index in [0.29, 0.717) is 0 Å². The van der Waals surface area contributed by atoms with E-state index in [4.69, 9.17) is 4.42 Å². The zero-order valence-electron chi connectivity index (χ0n) is 30.7. The minimum Gasteiger partial charge on any atom is -0.455 e. The molecule has 0 radical (unpaired) electrons. The number of para-hydroxylation sites is 3. The lowest BCUT2D eigenvalue weighted by Crippen LogP contribution is -2.11. The molecule has 0 spiro atoms. The van der Waals surface area contributed by atoms with Gasteiger partial charge in [-0.2, -0.15) is 0 Å². The van der Waals surface area contributed by atoms with Gasteiger partial charge in [0.15, 0.2) is 0 Å². The first kappa shape index (κ1) is 33.2. The van der Waals surface area contributed by atoms with Crippen LogP contribution in [0.15, 0.2) is 229 Å². The van der Waals surface area contributed by atoms with Crippen molar-refractivity contribution in [3.8, 4) is 55.6 Å². The van der Waals surface area contributed by atoms with E-state index in [1.54, 1.807) is 0 Å². The first-order valence-electron chi connectivity index (χ1n) is 19.1. The fraction of sp³-hybridized carbons (Fsp3) is 0. The minimum absolute atomic E-state index is 0.903. The molecule has 9 aromatic carbocycles. The van der Waals surface area contributed by atoms with E-state index in [1.165, 1.54) is 38.9 Å². The van der Waals surface area contributed by atoms with Crippen LogP contribution in [0.2, 0.25) is 0 Å². The Morgan fingerprint density at radius 3 is 1.38 bits per heavy atom. The van der Waals surface area contributed by atoms with Crippen molar-refractivity contribution < 1.29 is 4.42 Å². The molecular weight excluding hydrogens is 679 g/mol. The summed E-state index contributed by atoms with van der Waals surface area (Å²) in [5.74, 6) is 0. The molecule has 56 heavy (non-hydrogen) atoms. The van der Waals surface area contributed by atoms with E-state index in [-0.39, 0.29) is 0 Å². The second-order valence-electron chi connectivity index (χ2n) is 14.1. The van der Waals surface area contributed by atoms with Crippen molar-refractivity contribution in [2.75, 3.05) is 4.90 Å². The molecule has 0 saturated heterocycles. The number of nitrogens with zero attached hydrogens (tertiary/aromatic N) is 1. The summed E-state index contributed by atoms with van der Waals surface area (Å²) in [7, 11) is 0. The molecular formula is C54H37NO. The number of anilines is 3. The summed E-state index contributed by atoms with van der Waals surface area (Å²) in [5.41, 5.74) is 16.7. The molecule has 0 bridgehead atoms. The second-order valence-corrected chi connectivity index (χ2v) is 14.1. The van der Waals surface area contributed by atoms with Crippen LogP contribution in [0.4, 0.5) is 17.1 Å². The van der Waals surface area contributed by atoms with Gasteiger partial charge in [0.2, 0.25) is 0 Å². The topological polar surface area (TPSA) is 16.4 Å². The maximum absolute atomic E-state index is 6.44. The van der Waals surface area contributed by atoms with E-state index in [1.807, 2.05) is 12.1 Å². The predicted octanol–water partition coefficient (Wildman–Crippen LogP) is 15.4. The lowest BCUT2D eigenvalue weighted by atomic mass is 9.88. The van der Waals surface area contributed by atoms with Crippen molar-refractivity contribution >= 4 is 39.0 Å². The van der Waals surface area contributed by atoms with Gasteiger partial charge in [0.25, 0.3) is 0 Å². The SMILES string of the molecule is c1ccc(-c2ccc(N(c3ccc(-c4cccc5c4oc4ccccc45)cc3)c3ccccc3-c3ccccc3-c3ccccc3-c3ccccc3)cc2)cc1. The minimum atomic E-state index is 0.903. The number of furan rings is 1. The third kappa shape index (κ3) is 6.04. The molecule has 2 nitrogen and oxygen atoms in total. The zero-order valence-corrected chi connectivity index (χ0v) is 30.7. The van der Waals surface area contributed by atoms with Crippen molar-refractivity contribution in [3.05, 3.63) is 224 Å². The zero-order chi connectivity index (χ0) is 37.3. The third-order valence-electron chi connectivity index (χ3n) is 10.7. The molecule has 0 saturated carbocycles. The van der Waals surface area contributed by atoms with Crippen molar-refractivity contribution in [3.63, 3.8) is 0 Å². The average Bonchev–Trinajstić information content (AvgIpc) is 3.67. The first-order valence-corrected chi connectivity index (χ1v) is 19.1. The Labute approximate surface area is 327 Å². The number of fused-ring (bicyclic) bond motifs is 3. The molecule has 0 amide bonds. The number of benzene rings is 9. The Hall–Kier alpha value is -7.42. The Morgan fingerprint density at radius 1 is 0.268 bits per heavy atom. The van der Waals surface area contributed by atoms with Gasteiger partial charge in [0.05, 0.1) is 5.69 Å². The Bertz CT molecular complexity index is 2940. The van der Waals surface area contributed by atoms with Crippen molar-refractivity contribution in [2.45, 2.75) is 0 Å². The van der Waals surface area contributed by atoms with Gasteiger partial charge in [0.1, 0.15) is 11.2 Å². The normalized spacial score (nSPS) is 11.2. The number of rotatable bonds is 8. The molecule has 0 unspecified atom stereocenters. The lowest BCUT2D eigenvalue weighted by molar-refractivity contribution is 0.670. The fourth-order valence-electron chi connectivity index (χ4n) is 8.06. The van der Waals surface area contributed by atoms with Crippen LogP contribution in [0.25, 0.3) is 77.6 Å². The van der Waals surface area contributed by atoms with E-state index >= 15 is 0 Å². The largest absolute Gasteiger partial charge is 0.455 e. The summed E-state index contributed by atoms with van der Waals surface area (Å²) in [6, 6.07) is 80.0. The van der Waals surface area contributed by atoms with Crippen molar-refractivity contribution in [1.29, 1.82) is 0 Å². The molecule has 0 fully saturated rings. The summed E-state index contributed by atoms with van der Waals surface area (Å²) in [6.07, 6.45) is 0. The van der Waals surface area contributed by atoms with Gasteiger partial charge < -0.3 is 9.32 Å². The molecule has 2 heteroatoms. The van der Waals surface area contributed by atoms with Crippen LogP contribution in [-0.2, 0) is 0 Å². The van der Waals surface area contributed by atoms with Crippen LogP contribution in [0.5, 0.6) is 0 Å². The first-order chi connectivity index (χ1) is 27.8. The van der Waals surface area contributed by atoms with E-state index in [0.717, 1.165) is 55.7 Å². The maximum Gasteiger partial charge on any atom is 0.143 e. The quantitative estimate of drug-likeness (QED) is 0.156. The van der Waals surface area contributed by atoms with Crippen LogP contribution >= 0.6 is 0 Å². The Morgan fingerprint density at radius 2 is 0.696 bits per heavy atom. The summed E-state index contributed by atoms with van der Waals surface area (Å²) in [6.45, 7) is 0. The summed E-state index contributed by atoms with van der Waals surface area (Å²) < 4.78 is 6.44. The molecule has 0 aliphatic carbocycles. The van der Waals surface area contributed by atoms with E-state index in [9.17, 15) is 0 Å². The summed E-state index contributed by atoms with van der Waals surface area (Å²) >= 11 is 0. The van der Waals surface area contributed by atoms with E-state index < -0.39 is 0 Å². The van der Waals surface area contributed by atoms with E-state index in [2.05, 4.69) is 217 Å². The van der Waals surface area contributed by atoms with Gasteiger partial charge in [0, 0.05) is 33.3 Å². The highest BCUT2D eigenvalue weighted by atomic mass is 16.3. The maximum atomic E-state index is 6.44. The molecule has 0 aliphatic rings. The van der Waals surface area contributed by atoms with Crippen LogP contribution in [0.1, 0.15) is 0 Å². The molecule has 264 valence electrons. The van der Waals surface area contributed by atoms with Gasteiger partial charge in [-0.1, -0.05) is 188 Å². The smallest absolute Gasteiger partial charge is 0.143 e. The second kappa shape index (κ2) is 14.4. The summed E-state index contributed by atoms with van der Waals surface area (Å²) in [4.78, 5) is 2.38. The molecule has 10 rings (SSSR count). The molecule has 10 aromatic rings. The van der Waals surface area contributed by atoms with Crippen molar-refractivity contribution in [1.82, 2.24) is 0 Å². The predicted molar refractivity (Wildman–Crippen MR) is 236 cm³/mol. The molecule has 0 N–H and O–H groups in total. The number of hydrogen-bond donors (Lipinski definition) is 0. The highest BCUT2D eigenvalue weighted by Crippen LogP contribution is 2.46. The van der Waals surface area contributed by atoms with Crippen LogP contribution in [0.3, 0.4) is 0 Å². The van der Waals surface area contributed by atoms with Crippen molar-refractivity contribution in [2.24, 2.45) is 0 Å². The Kier molecular flexibility index (Phi) is 8.55. The van der Waals surface area contributed by atoms with Crippen LogP contribution < -0.4 is 4.90 Å². The highest BCUT2D eigenvalue weighted by Gasteiger charge is 2.21. The molecule has 0 aliphatic heterocycles. The van der Waals surface area contributed by atoms with Gasteiger partial charge in [-0.3, -0.25) is 0 Å². The third-order valence-corrected chi connectivity index (χ3v) is 10.7. The molecule has 0 atom stereocenters. The van der Waals surface area contributed by atoms with Gasteiger partial charge >= 0.3 is 0 Å². The van der Waals surface area contributed by atoms with Crippen LogP contribution in [0, 0.1) is 0 Å². The summed E-state index contributed by atoms with van der Waals surface area (Å²) in [5, 5.41) is 2.26. The monoisotopic (exact) mass is 715 g/mol. The fourth-order valence-corrected chi connectivity index (χ4v) is 8.06. The Balaban J connectivity index is 1.12. The van der Waals surface area contributed by atoms with Gasteiger partial charge in [-0.25, -0.2) is 0 Å². The highest BCUT2D eigenvalue weighted by molar-refractivity contribution is 6.09. The van der Waals surface area contributed by atoms with Gasteiger partial charge in [-0.05, 0) is 80.9 Å². The molecule has 1 aromatic heterocycles. The lowest BCUT2D eigenvalue weighted by Gasteiger charge is -2.29. The van der Waals surface area contributed by atoms with Gasteiger partial charge in [-0.15, -0.1) is 0 Å². The number of hydrogen-bond acceptors (Lipinski definition) is 2. The van der Waals surface area contributed by atoms with Crippen LogP contribution in [-0.4, -0.2) is 0 Å². The standard InChI is InChI=1S/C54H37NO/c1-3-16-38(17-4-1)39-30-34-42(35-31-39)55(43-36-32-41(33-37-43)45-26-15-27-51-50-25-12-14-29-53(50)56-54(45)51)52-28-13-11-24-49(52)48-23-10-9-22-47(48)46-21-8-7-20-44(46)40-18-5-2-6-19-40/h1-37H.